The van der Waals surface area contributed by atoms with Crippen LogP contribution in [0.4, 0.5) is 0 Å². The van der Waals surface area contributed by atoms with E-state index < -0.39 is 0 Å². The Hall–Kier alpha value is -1.42. The van der Waals surface area contributed by atoms with E-state index >= 15 is 0 Å². The maximum atomic E-state index is 6.30. The number of aromatic nitrogens is 1. The summed E-state index contributed by atoms with van der Waals surface area (Å²) in [4.78, 5) is 4.43. The molecule has 0 aliphatic carbocycles. The van der Waals surface area contributed by atoms with Crippen LogP contribution in [0.15, 0.2) is 41.9 Å². The number of aryl methyl sites for hydroxylation is 1. The molecule has 0 saturated heterocycles. The fourth-order valence-electron chi connectivity index (χ4n) is 2.03. The zero-order valence-electron chi connectivity index (χ0n) is 10.4. The van der Waals surface area contributed by atoms with Gasteiger partial charge in [-0.25, -0.2) is 0 Å². The molecular weight excluding hydrogens is 276 g/mol. The number of thiophene rings is 1. The Kier molecular flexibility index (Phi) is 3.27. The Balaban J connectivity index is 2.01. The molecule has 2 nitrogen and oxygen atoms in total. The van der Waals surface area contributed by atoms with Crippen LogP contribution in [0.5, 0.6) is 0 Å². The summed E-state index contributed by atoms with van der Waals surface area (Å²) in [7, 11) is 0. The second-order valence-electron chi connectivity index (χ2n) is 4.56. The van der Waals surface area contributed by atoms with Gasteiger partial charge >= 0.3 is 0 Å². The average Bonchev–Trinajstić information content (AvgIpc) is 2.88. The number of rotatable bonds is 2. The van der Waals surface area contributed by atoms with Crippen molar-refractivity contribution >= 4 is 33.2 Å². The molecule has 0 aliphatic rings. The molecule has 4 heteroatoms. The molecule has 2 N–H and O–H groups in total. The molecule has 2 aromatic heterocycles. The monoisotopic (exact) mass is 288 g/mol. The van der Waals surface area contributed by atoms with E-state index in [1.807, 2.05) is 42.8 Å². The van der Waals surface area contributed by atoms with Crippen LogP contribution in [-0.4, -0.2) is 4.98 Å². The third-order valence-corrected chi connectivity index (χ3v) is 4.50. The minimum absolute atomic E-state index is 0.197. The Morgan fingerprint density at radius 2 is 2.05 bits per heavy atom. The van der Waals surface area contributed by atoms with Crippen LogP contribution in [0.1, 0.15) is 22.7 Å². The number of nitrogens with two attached hydrogens (primary N) is 1. The van der Waals surface area contributed by atoms with Crippen molar-refractivity contribution < 1.29 is 0 Å². The van der Waals surface area contributed by atoms with Gasteiger partial charge in [-0.15, -0.1) is 11.3 Å². The number of hydrogen-bond acceptors (Lipinski definition) is 3. The molecule has 0 spiro atoms. The van der Waals surface area contributed by atoms with Crippen molar-refractivity contribution in [2.45, 2.75) is 13.0 Å². The van der Waals surface area contributed by atoms with Gasteiger partial charge in [0, 0.05) is 11.2 Å². The van der Waals surface area contributed by atoms with E-state index in [2.05, 4.69) is 11.1 Å². The summed E-state index contributed by atoms with van der Waals surface area (Å²) in [5.74, 6) is 0. The van der Waals surface area contributed by atoms with E-state index in [-0.39, 0.29) is 6.04 Å². The van der Waals surface area contributed by atoms with E-state index in [9.17, 15) is 0 Å². The topological polar surface area (TPSA) is 38.9 Å². The Labute approximate surface area is 120 Å². The molecule has 96 valence electrons. The second kappa shape index (κ2) is 4.93. The van der Waals surface area contributed by atoms with Crippen LogP contribution >= 0.6 is 22.9 Å². The highest BCUT2D eigenvalue weighted by Crippen LogP contribution is 2.27. The molecule has 0 bridgehead atoms. The minimum atomic E-state index is -0.197. The summed E-state index contributed by atoms with van der Waals surface area (Å²) in [5.41, 5.74) is 10.4. The summed E-state index contributed by atoms with van der Waals surface area (Å²) in [6, 6.07) is 9.86. The third-order valence-electron chi connectivity index (χ3n) is 3.24. The first-order valence-electron chi connectivity index (χ1n) is 6.00. The molecule has 0 radical (unpaired) electrons. The van der Waals surface area contributed by atoms with Crippen LogP contribution in [0, 0.1) is 6.92 Å². The van der Waals surface area contributed by atoms with Crippen LogP contribution in [0.3, 0.4) is 0 Å². The Morgan fingerprint density at radius 3 is 2.84 bits per heavy atom. The molecule has 3 aromatic rings. The van der Waals surface area contributed by atoms with E-state index in [1.54, 1.807) is 11.3 Å². The standard InChI is InChI=1S/C15H13ClN2S/c1-9-2-3-10(6-12(9)16)15(17)11-7-14-13(18-8-11)4-5-19-14/h2-8,15H,17H2,1H3. The molecule has 0 amide bonds. The molecular formula is C15H13ClN2S. The van der Waals surface area contributed by atoms with Gasteiger partial charge in [0.2, 0.25) is 0 Å². The van der Waals surface area contributed by atoms with Gasteiger partial charge in [-0.3, -0.25) is 4.98 Å². The molecule has 0 fully saturated rings. The highest BCUT2D eigenvalue weighted by atomic mass is 35.5. The third kappa shape index (κ3) is 2.37. The van der Waals surface area contributed by atoms with E-state index in [0.29, 0.717) is 0 Å². The minimum Gasteiger partial charge on any atom is -0.320 e. The number of fused-ring (bicyclic) bond motifs is 1. The zero-order chi connectivity index (χ0) is 13.4. The average molecular weight is 289 g/mol. The first-order valence-corrected chi connectivity index (χ1v) is 7.25. The highest BCUT2D eigenvalue weighted by molar-refractivity contribution is 7.17. The van der Waals surface area contributed by atoms with E-state index in [4.69, 9.17) is 17.3 Å². The van der Waals surface area contributed by atoms with Gasteiger partial charge < -0.3 is 5.73 Å². The number of benzene rings is 1. The van der Waals surface area contributed by atoms with Crippen molar-refractivity contribution in [3.63, 3.8) is 0 Å². The van der Waals surface area contributed by atoms with Crippen LogP contribution in [0.2, 0.25) is 5.02 Å². The van der Waals surface area contributed by atoms with Gasteiger partial charge in [0.25, 0.3) is 0 Å². The normalized spacial score (nSPS) is 12.8. The molecule has 19 heavy (non-hydrogen) atoms. The summed E-state index contributed by atoms with van der Waals surface area (Å²) < 4.78 is 1.16. The van der Waals surface area contributed by atoms with Gasteiger partial charge in [-0.1, -0.05) is 23.7 Å². The lowest BCUT2D eigenvalue weighted by molar-refractivity contribution is 0.867. The first kappa shape index (κ1) is 12.6. The van der Waals surface area contributed by atoms with Gasteiger partial charge in [0.15, 0.2) is 0 Å². The van der Waals surface area contributed by atoms with Crippen molar-refractivity contribution in [3.8, 4) is 0 Å². The molecule has 0 aliphatic heterocycles. The van der Waals surface area contributed by atoms with E-state index in [0.717, 1.165) is 31.9 Å². The lowest BCUT2D eigenvalue weighted by Gasteiger charge is -2.13. The Morgan fingerprint density at radius 1 is 1.21 bits per heavy atom. The lowest BCUT2D eigenvalue weighted by Crippen LogP contribution is -2.12. The fraction of sp³-hybridized carbons (Fsp3) is 0.133. The molecule has 3 rings (SSSR count). The first-order chi connectivity index (χ1) is 9.15. The van der Waals surface area contributed by atoms with Gasteiger partial charge in [0.1, 0.15) is 0 Å². The van der Waals surface area contributed by atoms with Crippen LogP contribution in [0.25, 0.3) is 10.2 Å². The predicted molar refractivity (Wildman–Crippen MR) is 81.8 cm³/mol. The summed E-state index contributed by atoms with van der Waals surface area (Å²) in [6.45, 7) is 1.98. The van der Waals surface area contributed by atoms with Crippen molar-refractivity contribution in [2.75, 3.05) is 0 Å². The van der Waals surface area contributed by atoms with Gasteiger partial charge in [-0.05, 0) is 47.2 Å². The van der Waals surface area contributed by atoms with Crippen molar-refractivity contribution in [1.29, 1.82) is 0 Å². The Bertz CT molecular complexity index is 736. The van der Waals surface area contributed by atoms with Gasteiger partial charge in [-0.2, -0.15) is 0 Å². The summed E-state index contributed by atoms with van der Waals surface area (Å²) in [5, 5.41) is 2.79. The highest BCUT2D eigenvalue weighted by Gasteiger charge is 2.11. The smallest absolute Gasteiger partial charge is 0.0809 e. The second-order valence-corrected chi connectivity index (χ2v) is 5.91. The molecule has 0 saturated carbocycles. The molecule has 1 unspecified atom stereocenters. The number of halogens is 1. The number of hydrogen-bond donors (Lipinski definition) is 1. The quantitative estimate of drug-likeness (QED) is 0.763. The maximum Gasteiger partial charge on any atom is 0.0809 e. The van der Waals surface area contributed by atoms with Crippen LogP contribution < -0.4 is 5.73 Å². The molecule has 1 atom stereocenters. The van der Waals surface area contributed by atoms with Crippen molar-refractivity contribution in [2.24, 2.45) is 5.73 Å². The molecule has 1 aromatic carbocycles. The van der Waals surface area contributed by atoms with Gasteiger partial charge in [0.05, 0.1) is 16.3 Å². The van der Waals surface area contributed by atoms with Crippen molar-refractivity contribution in [3.05, 3.63) is 63.6 Å². The maximum absolute atomic E-state index is 6.30. The SMILES string of the molecule is Cc1ccc(C(N)c2cnc3ccsc3c2)cc1Cl. The molecule has 2 heterocycles. The fourth-order valence-corrected chi connectivity index (χ4v) is 3.00. The number of nitrogens with zero attached hydrogens (tertiary/aromatic N) is 1. The summed E-state index contributed by atoms with van der Waals surface area (Å²) in [6.07, 6.45) is 1.84. The van der Waals surface area contributed by atoms with Crippen molar-refractivity contribution in [1.82, 2.24) is 4.98 Å². The van der Waals surface area contributed by atoms with E-state index in [1.165, 1.54) is 0 Å². The predicted octanol–water partition coefficient (Wildman–Crippen LogP) is 4.31. The lowest BCUT2D eigenvalue weighted by atomic mass is 10.00. The number of pyridine rings is 1. The van der Waals surface area contributed by atoms with Crippen LogP contribution in [-0.2, 0) is 0 Å². The summed E-state index contributed by atoms with van der Waals surface area (Å²) >= 11 is 7.83. The zero-order valence-corrected chi connectivity index (χ0v) is 12.0. The largest absolute Gasteiger partial charge is 0.320 e.